The first-order valence-electron chi connectivity index (χ1n) is 8.90. The van der Waals surface area contributed by atoms with Crippen molar-refractivity contribution in [1.82, 2.24) is 9.71 Å². The van der Waals surface area contributed by atoms with E-state index in [0.29, 0.717) is 11.6 Å². The second-order valence-electron chi connectivity index (χ2n) is 6.67. The van der Waals surface area contributed by atoms with Crippen molar-refractivity contribution >= 4 is 28.5 Å². The topological polar surface area (TPSA) is 136 Å². The number of nitrogens with two attached hydrogens (primary N) is 1. The van der Waals surface area contributed by atoms with Crippen LogP contribution in [0, 0.1) is 11.6 Å². The molecule has 0 saturated carbocycles. The number of carboxylic acid groups (broad SMARTS) is 1. The van der Waals surface area contributed by atoms with Crippen molar-refractivity contribution in [3.63, 3.8) is 0 Å². The zero-order chi connectivity index (χ0) is 22.0. The number of hydrogen-bond donors (Lipinski definition) is 3. The van der Waals surface area contributed by atoms with E-state index in [4.69, 9.17) is 10.8 Å². The molecule has 0 aliphatic heterocycles. The zero-order valence-corrected chi connectivity index (χ0v) is 15.6. The van der Waals surface area contributed by atoms with Gasteiger partial charge < -0.3 is 16.0 Å². The number of halogens is 2. The van der Waals surface area contributed by atoms with E-state index in [1.807, 2.05) is 0 Å². The molecule has 0 saturated heterocycles. The van der Waals surface area contributed by atoms with E-state index in [1.54, 1.807) is 0 Å². The number of carbonyl (C=O) groups excluding carboxylic acids is 1. The molecule has 8 nitrogen and oxygen atoms in total. The SMILES string of the molecule is Nc1c(C(=O)CCc2ccc(F)cc2F)c(=O)n(O)c2ncc(CCC(=O)O)cc12. The van der Waals surface area contributed by atoms with E-state index in [1.165, 1.54) is 18.3 Å². The highest BCUT2D eigenvalue weighted by atomic mass is 19.1. The number of fused-ring (bicyclic) bond motifs is 1. The third-order valence-electron chi connectivity index (χ3n) is 4.63. The summed E-state index contributed by atoms with van der Waals surface area (Å²) in [4.78, 5) is 39.8. The van der Waals surface area contributed by atoms with Gasteiger partial charge in [0.1, 0.15) is 17.2 Å². The van der Waals surface area contributed by atoms with Crippen LogP contribution in [0.15, 0.2) is 35.3 Å². The number of benzene rings is 1. The Bertz CT molecular complexity index is 1220. The molecule has 1 aromatic carbocycles. The van der Waals surface area contributed by atoms with Gasteiger partial charge in [0, 0.05) is 30.5 Å². The molecule has 0 radical (unpaired) electrons. The van der Waals surface area contributed by atoms with Crippen molar-refractivity contribution in [3.05, 3.63) is 69.1 Å². The van der Waals surface area contributed by atoms with Gasteiger partial charge in [-0.15, -0.1) is 4.73 Å². The van der Waals surface area contributed by atoms with E-state index in [0.717, 1.165) is 6.07 Å². The summed E-state index contributed by atoms with van der Waals surface area (Å²) in [7, 11) is 0. The predicted molar refractivity (Wildman–Crippen MR) is 103 cm³/mol. The van der Waals surface area contributed by atoms with Gasteiger partial charge in [-0.1, -0.05) is 6.07 Å². The quantitative estimate of drug-likeness (QED) is 0.396. The Morgan fingerprint density at radius 1 is 1.13 bits per heavy atom. The number of nitrogens with zero attached hydrogens (tertiary/aromatic N) is 2. The smallest absolute Gasteiger partial charge is 0.303 e. The lowest BCUT2D eigenvalue weighted by atomic mass is 10.00. The van der Waals surface area contributed by atoms with Crippen LogP contribution in [-0.4, -0.2) is 31.8 Å². The summed E-state index contributed by atoms with van der Waals surface area (Å²) < 4.78 is 27.0. The van der Waals surface area contributed by atoms with Gasteiger partial charge in [0.2, 0.25) is 0 Å². The molecule has 4 N–H and O–H groups in total. The van der Waals surface area contributed by atoms with Crippen molar-refractivity contribution in [3.8, 4) is 0 Å². The Morgan fingerprint density at radius 3 is 2.53 bits per heavy atom. The number of anilines is 1. The van der Waals surface area contributed by atoms with Gasteiger partial charge in [-0.2, -0.15) is 0 Å². The van der Waals surface area contributed by atoms with Gasteiger partial charge in [-0.25, -0.2) is 13.8 Å². The van der Waals surface area contributed by atoms with Crippen molar-refractivity contribution in [2.45, 2.75) is 25.7 Å². The van der Waals surface area contributed by atoms with Crippen LogP contribution in [0.25, 0.3) is 11.0 Å². The maximum atomic E-state index is 13.8. The molecule has 3 aromatic rings. The number of carbonyl (C=O) groups is 2. The fraction of sp³-hybridized carbons (Fsp3) is 0.200. The predicted octanol–water partition coefficient (Wildman–Crippen LogP) is 2.33. The Morgan fingerprint density at radius 2 is 1.87 bits per heavy atom. The normalized spacial score (nSPS) is 11.0. The highest BCUT2D eigenvalue weighted by molar-refractivity contribution is 6.06. The number of pyridine rings is 2. The van der Waals surface area contributed by atoms with E-state index in [2.05, 4.69) is 4.98 Å². The lowest BCUT2D eigenvalue weighted by Crippen LogP contribution is -2.28. The van der Waals surface area contributed by atoms with Gasteiger partial charge in [-0.05, 0) is 36.1 Å². The zero-order valence-electron chi connectivity index (χ0n) is 15.6. The minimum absolute atomic E-state index is 0.0889. The molecule has 0 fully saturated rings. The Balaban J connectivity index is 1.96. The highest BCUT2D eigenvalue weighted by Gasteiger charge is 2.22. The first kappa shape index (κ1) is 20.9. The molecule has 0 unspecified atom stereocenters. The summed E-state index contributed by atoms with van der Waals surface area (Å²) in [6.07, 6.45) is 0.857. The van der Waals surface area contributed by atoms with Crippen LogP contribution >= 0.6 is 0 Å². The number of ketones is 1. The number of aryl methyl sites for hydroxylation is 2. The third kappa shape index (κ3) is 4.12. The summed E-state index contributed by atoms with van der Waals surface area (Å²) in [6, 6.07) is 4.39. The fourth-order valence-corrected chi connectivity index (χ4v) is 3.07. The number of aliphatic carboxylic acids is 1. The molecule has 30 heavy (non-hydrogen) atoms. The van der Waals surface area contributed by atoms with Crippen molar-refractivity contribution in [1.29, 1.82) is 0 Å². The maximum absolute atomic E-state index is 13.8. The first-order valence-corrected chi connectivity index (χ1v) is 8.90. The molecule has 10 heteroatoms. The second-order valence-corrected chi connectivity index (χ2v) is 6.67. The minimum Gasteiger partial charge on any atom is -0.481 e. The summed E-state index contributed by atoms with van der Waals surface area (Å²) in [6.45, 7) is 0. The van der Waals surface area contributed by atoms with Gasteiger partial charge in [0.25, 0.3) is 5.56 Å². The number of aromatic nitrogens is 2. The second kappa shape index (κ2) is 8.27. The molecule has 0 bridgehead atoms. The van der Waals surface area contributed by atoms with Crippen LogP contribution in [0.5, 0.6) is 0 Å². The summed E-state index contributed by atoms with van der Waals surface area (Å²) in [5.41, 5.74) is 4.63. The fourth-order valence-electron chi connectivity index (χ4n) is 3.07. The maximum Gasteiger partial charge on any atom is 0.303 e. The van der Waals surface area contributed by atoms with Crippen molar-refractivity contribution in [2.24, 2.45) is 0 Å². The molecular weight excluding hydrogens is 400 g/mol. The number of Topliss-reactive ketones (excluding diaryl/α,β-unsaturated/α-hetero) is 1. The molecule has 0 amide bonds. The molecule has 2 heterocycles. The molecule has 0 aliphatic rings. The molecule has 3 rings (SSSR count). The van der Waals surface area contributed by atoms with Crippen LogP contribution in [-0.2, 0) is 17.6 Å². The average Bonchev–Trinajstić information content (AvgIpc) is 2.70. The molecule has 2 aromatic heterocycles. The molecule has 156 valence electrons. The van der Waals surface area contributed by atoms with Crippen molar-refractivity contribution < 1.29 is 28.7 Å². The monoisotopic (exact) mass is 417 g/mol. The van der Waals surface area contributed by atoms with E-state index < -0.39 is 34.5 Å². The van der Waals surface area contributed by atoms with Crippen LogP contribution in [0.4, 0.5) is 14.5 Å². The Kier molecular flexibility index (Phi) is 5.77. The van der Waals surface area contributed by atoms with Gasteiger partial charge >= 0.3 is 5.97 Å². The highest BCUT2D eigenvalue weighted by Crippen LogP contribution is 2.24. The lowest BCUT2D eigenvalue weighted by molar-refractivity contribution is -0.136. The molecule has 0 spiro atoms. The Hall–Kier alpha value is -3.82. The average molecular weight is 417 g/mol. The lowest BCUT2D eigenvalue weighted by Gasteiger charge is -2.11. The number of carboxylic acids is 1. The van der Waals surface area contributed by atoms with Gasteiger partial charge in [-0.3, -0.25) is 14.4 Å². The van der Waals surface area contributed by atoms with Crippen LogP contribution < -0.4 is 11.3 Å². The standard InChI is InChI=1S/C20H17F2N3O5/c21-12-4-2-11(14(22)8-12)3-5-15(26)17-18(23)13-7-10(1-6-16(27)28)9-24-19(13)25(30)20(17)29/h2,4,7-9,30H,1,3,5-6,23H2,(H,27,28). The summed E-state index contributed by atoms with van der Waals surface area (Å²) in [5, 5.41) is 19.0. The summed E-state index contributed by atoms with van der Waals surface area (Å²) in [5.74, 6) is -3.32. The Labute approximate surface area is 168 Å². The van der Waals surface area contributed by atoms with Crippen molar-refractivity contribution in [2.75, 3.05) is 5.73 Å². The minimum atomic E-state index is -1.07. The largest absolute Gasteiger partial charge is 0.481 e. The summed E-state index contributed by atoms with van der Waals surface area (Å²) >= 11 is 0. The van der Waals surface area contributed by atoms with Crippen LogP contribution in [0.2, 0.25) is 0 Å². The van der Waals surface area contributed by atoms with Gasteiger partial charge in [0.05, 0.1) is 5.69 Å². The van der Waals surface area contributed by atoms with Crippen LogP contribution in [0.3, 0.4) is 0 Å². The van der Waals surface area contributed by atoms with Crippen LogP contribution in [0.1, 0.15) is 34.3 Å². The molecular formula is C20H17F2N3O5. The van der Waals surface area contributed by atoms with E-state index in [9.17, 15) is 28.4 Å². The van der Waals surface area contributed by atoms with E-state index >= 15 is 0 Å². The third-order valence-corrected chi connectivity index (χ3v) is 4.63. The number of hydrogen-bond acceptors (Lipinski definition) is 6. The molecule has 0 atom stereocenters. The first-order chi connectivity index (χ1) is 14.2. The van der Waals surface area contributed by atoms with Gasteiger partial charge in [0.15, 0.2) is 11.4 Å². The van der Waals surface area contributed by atoms with E-state index in [-0.39, 0.29) is 52.7 Å². The molecule has 0 aliphatic carbocycles. The number of rotatable bonds is 7. The number of nitrogen functional groups attached to an aromatic ring is 1.